The fraction of sp³-hybridized carbons (Fsp3) is 0.786. The number of likely N-dealkylation sites (tertiary alicyclic amines) is 2. The molecule has 20 heavy (non-hydrogen) atoms. The van der Waals surface area contributed by atoms with E-state index in [1.54, 1.807) is 0 Å². The van der Waals surface area contributed by atoms with Gasteiger partial charge >= 0.3 is 6.03 Å². The van der Waals surface area contributed by atoms with E-state index in [2.05, 4.69) is 28.8 Å². The summed E-state index contributed by atoms with van der Waals surface area (Å²) in [6.45, 7) is 7.39. The Hall–Kier alpha value is -1.43. The van der Waals surface area contributed by atoms with Crippen LogP contribution in [0, 0.1) is 0 Å². The van der Waals surface area contributed by atoms with Crippen LogP contribution < -0.4 is 0 Å². The maximum Gasteiger partial charge on any atom is 0.346 e. The van der Waals surface area contributed by atoms with Gasteiger partial charge in [0.15, 0.2) is 0 Å². The standard InChI is InChI=1S/C14H23N5O/c1-12(2)18-9-6-14(18)4-3-7-17(8-5-14)13(20)19-11-15-10-16-19/h10-12H,3-9H2,1-2H3. The maximum atomic E-state index is 12.3. The lowest BCUT2D eigenvalue weighted by Crippen LogP contribution is -2.62. The summed E-state index contributed by atoms with van der Waals surface area (Å²) in [6.07, 6.45) is 7.51. The molecule has 1 atom stereocenters. The third kappa shape index (κ3) is 2.22. The number of amides is 1. The Bertz CT molecular complexity index is 472. The van der Waals surface area contributed by atoms with Crippen LogP contribution in [0.2, 0.25) is 0 Å². The van der Waals surface area contributed by atoms with Gasteiger partial charge < -0.3 is 4.90 Å². The Morgan fingerprint density at radius 2 is 2.00 bits per heavy atom. The Labute approximate surface area is 119 Å². The lowest BCUT2D eigenvalue weighted by atomic mass is 9.77. The van der Waals surface area contributed by atoms with Gasteiger partial charge in [-0.1, -0.05) is 0 Å². The molecule has 6 heteroatoms. The van der Waals surface area contributed by atoms with Crippen molar-refractivity contribution >= 4 is 6.03 Å². The second-order valence-corrected chi connectivity index (χ2v) is 6.22. The van der Waals surface area contributed by atoms with Crippen LogP contribution in [0.25, 0.3) is 0 Å². The van der Waals surface area contributed by atoms with Crippen molar-refractivity contribution < 1.29 is 4.79 Å². The molecule has 3 rings (SSSR count). The SMILES string of the molecule is CC(C)N1CCC12CCCN(C(=O)n1cncn1)CC2. The van der Waals surface area contributed by atoms with Crippen molar-refractivity contribution in [1.29, 1.82) is 0 Å². The molecule has 0 saturated carbocycles. The minimum Gasteiger partial charge on any atom is -0.323 e. The number of nitrogens with zero attached hydrogens (tertiary/aromatic N) is 5. The van der Waals surface area contributed by atoms with Gasteiger partial charge in [0.1, 0.15) is 12.7 Å². The average Bonchev–Trinajstić information content (AvgIpc) is 2.81. The minimum atomic E-state index is -0.0463. The van der Waals surface area contributed by atoms with E-state index < -0.39 is 0 Å². The lowest BCUT2D eigenvalue weighted by Gasteiger charge is -2.55. The van der Waals surface area contributed by atoms with Crippen molar-refractivity contribution in [2.45, 2.75) is 51.1 Å². The highest BCUT2D eigenvalue weighted by Crippen LogP contribution is 2.41. The van der Waals surface area contributed by atoms with E-state index in [-0.39, 0.29) is 6.03 Å². The zero-order valence-electron chi connectivity index (χ0n) is 12.3. The van der Waals surface area contributed by atoms with Crippen LogP contribution in [0.1, 0.15) is 39.5 Å². The summed E-state index contributed by atoms with van der Waals surface area (Å²) >= 11 is 0. The molecule has 2 aliphatic rings. The lowest BCUT2D eigenvalue weighted by molar-refractivity contribution is -0.0493. The van der Waals surface area contributed by atoms with Crippen LogP contribution in [0.3, 0.4) is 0 Å². The summed E-state index contributed by atoms with van der Waals surface area (Å²) in [7, 11) is 0. The second-order valence-electron chi connectivity index (χ2n) is 6.22. The number of aromatic nitrogens is 3. The summed E-state index contributed by atoms with van der Waals surface area (Å²) in [5.74, 6) is 0. The zero-order chi connectivity index (χ0) is 14.2. The molecule has 1 unspecified atom stereocenters. The third-order valence-electron chi connectivity index (χ3n) is 4.85. The summed E-state index contributed by atoms with van der Waals surface area (Å²) < 4.78 is 1.33. The fourth-order valence-electron chi connectivity index (χ4n) is 3.72. The van der Waals surface area contributed by atoms with E-state index in [9.17, 15) is 4.79 Å². The minimum absolute atomic E-state index is 0.0463. The van der Waals surface area contributed by atoms with E-state index in [1.165, 1.54) is 36.7 Å². The van der Waals surface area contributed by atoms with Gasteiger partial charge in [-0.2, -0.15) is 9.78 Å². The summed E-state index contributed by atoms with van der Waals surface area (Å²) in [6, 6.07) is 0.552. The number of hydrogen-bond donors (Lipinski definition) is 0. The van der Waals surface area contributed by atoms with Crippen LogP contribution in [0.15, 0.2) is 12.7 Å². The smallest absolute Gasteiger partial charge is 0.323 e. The Morgan fingerprint density at radius 1 is 1.20 bits per heavy atom. The van der Waals surface area contributed by atoms with E-state index in [1.807, 2.05) is 4.90 Å². The Morgan fingerprint density at radius 3 is 2.60 bits per heavy atom. The highest BCUT2D eigenvalue weighted by atomic mass is 16.2. The van der Waals surface area contributed by atoms with Gasteiger partial charge in [0.05, 0.1) is 0 Å². The number of carbonyl (C=O) groups excluding carboxylic acids is 1. The van der Waals surface area contributed by atoms with Gasteiger partial charge in [-0.15, -0.1) is 0 Å². The topological polar surface area (TPSA) is 54.3 Å². The normalized spacial score (nSPS) is 27.6. The number of hydrogen-bond acceptors (Lipinski definition) is 4. The van der Waals surface area contributed by atoms with Crippen LogP contribution in [0.5, 0.6) is 0 Å². The van der Waals surface area contributed by atoms with Crippen molar-refractivity contribution in [2.75, 3.05) is 19.6 Å². The molecular formula is C14H23N5O. The fourth-order valence-corrected chi connectivity index (χ4v) is 3.72. The van der Waals surface area contributed by atoms with Crippen LogP contribution in [0.4, 0.5) is 4.79 Å². The number of carbonyl (C=O) groups is 1. The quantitative estimate of drug-likeness (QED) is 0.782. The van der Waals surface area contributed by atoms with Gasteiger partial charge in [-0.3, -0.25) is 4.90 Å². The summed E-state index contributed by atoms with van der Waals surface area (Å²) in [5, 5.41) is 3.94. The molecule has 0 N–H and O–H groups in total. The molecule has 0 aromatic carbocycles. The molecule has 1 spiro atoms. The van der Waals surface area contributed by atoms with Crippen molar-refractivity contribution in [3.8, 4) is 0 Å². The monoisotopic (exact) mass is 277 g/mol. The predicted molar refractivity (Wildman–Crippen MR) is 75.4 cm³/mol. The van der Waals surface area contributed by atoms with E-state index in [4.69, 9.17) is 0 Å². The van der Waals surface area contributed by atoms with Crippen molar-refractivity contribution in [1.82, 2.24) is 24.6 Å². The van der Waals surface area contributed by atoms with Gasteiger partial charge in [0, 0.05) is 31.2 Å². The molecule has 1 aromatic heterocycles. The molecule has 2 saturated heterocycles. The maximum absolute atomic E-state index is 12.3. The molecule has 2 aliphatic heterocycles. The average molecular weight is 277 g/mol. The number of rotatable bonds is 1. The molecule has 0 bridgehead atoms. The molecule has 3 heterocycles. The molecule has 6 nitrogen and oxygen atoms in total. The van der Waals surface area contributed by atoms with Crippen molar-refractivity contribution in [3.05, 3.63) is 12.7 Å². The molecule has 110 valence electrons. The second kappa shape index (κ2) is 5.16. The third-order valence-corrected chi connectivity index (χ3v) is 4.85. The first-order valence-corrected chi connectivity index (χ1v) is 7.53. The molecule has 0 aliphatic carbocycles. The Kier molecular flexibility index (Phi) is 3.50. The first kappa shape index (κ1) is 13.5. The largest absolute Gasteiger partial charge is 0.346 e. The molecule has 0 radical (unpaired) electrons. The summed E-state index contributed by atoms with van der Waals surface area (Å²) in [4.78, 5) is 20.7. The van der Waals surface area contributed by atoms with Crippen LogP contribution >= 0.6 is 0 Å². The van der Waals surface area contributed by atoms with Crippen molar-refractivity contribution in [2.24, 2.45) is 0 Å². The van der Waals surface area contributed by atoms with Gasteiger partial charge in [-0.05, 0) is 39.5 Å². The van der Waals surface area contributed by atoms with E-state index in [0.29, 0.717) is 11.6 Å². The molecule has 1 amide bonds. The van der Waals surface area contributed by atoms with Crippen LogP contribution in [-0.2, 0) is 0 Å². The first-order valence-electron chi connectivity index (χ1n) is 7.53. The van der Waals surface area contributed by atoms with Crippen LogP contribution in [-0.4, -0.2) is 61.8 Å². The van der Waals surface area contributed by atoms with Gasteiger partial charge in [0.25, 0.3) is 0 Å². The molecule has 2 fully saturated rings. The first-order chi connectivity index (χ1) is 9.62. The Balaban J connectivity index is 1.67. The van der Waals surface area contributed by atoms with Crippen molar-refractivity contribution in [3.63, 3.8) is 0 Å². The molecular weight excluding hydrogens is 254 g/mol. The van der Waals surface area contributed by atoms with E-state index >= 15 is 0 Å². The van der Waals surface area contributed by atoms with E-state index in [0.717, 1.165) is 25.9 Å². The van der Waals surface area contributed by atoms with Gasteiger partial charge in [-0.25, -0.2) is 9.78 Å². The van der Waals surface area contributed by atoms with Gasteiger partial charge in [0.2, 0.25) is 0 Å². The predicted octanol–water partition coefficient (Wildman–Crippen LogP) is 1.59. The molecule has 1 aromatic rings. The zero-order valence-corrected chi connectivity index (χ0v) is 12.3. The highest BCUT2D eigenvalue weighted by molar-refractivity contribution is 5.75. The summed E-state index contributed by atoms with van der Waals surface area (Å²) in [5.41, 5.74) is 0.339. The highest BCUT2D eigenvalue weighted by Gasteiger charge is 2.46.